The van der Waals surface area contributed by atoms with E-state index < -0.39 is 0 Å². The molecule has 0 unspecified atom stereocenters. The summed E-state index contributed by atoms with van der Waals surface area (Å²) in [5.74, 6) is 0. The summed E-state index contributed by atoms with van der Waals surface area (Å²) in [5.41, 5.74) is 2.72. The van der Waals surface area contributed by atoms with Crippen molar-refractivity contribution in [3.63, 3.8) is 0 Å². The van der Waals surface area contributed by atoms with Gasteiger partial charge in [0, 0.05) is 11.4 Å². The Morgan fingerprint density at radius 2 is 2.18 bits per heavy atom. The second-order valence-electron chi connectivity index (χ2n) is 3.91. The lowest BCUT2D eigenvalue weighted by Gasteiger charge is -2.07. The Labute approximate surface area is 111 Å². The first-order valence-electron chi connectivity index (χ1n) is 5.81. The molecule has 0 bridgehead atoms. The van der Waals surface area contributed by atoms with E-state index in [4.69, 9.17) is 0 Å². The van der Waals surface area contributed by atoms with E-state index in [1.807, 2.05) is 11.8 Å². The predicted octanol–water partition coefficient (Wildman–Crippen LogP) is 4.32. The first kappa shape index (κ1) is 12.7. The van der Waals surface area contributed by atoms with Gasteiger partial charge in [-0.3, -0.25) is 0 Å². The zero-order chi connectivity index (χ0) is 12.1. The van der Waals surface area contributed by atoms with E-state index in [1.165, 1.54) is 20.2 Å². The highest BCUT2D eigenvalue weighted by Crippen LogP contribution is 2.33. The molecule has 2 rings (SSSR count). The molecule has 1 heterocycles. The van der Waals surface area contributed by atoms with Gasteiger partial charge in [-0.2, -0.15) is 0 Å². The molecule has 0 aliphatic rings. The third-order valence-electron chi connectivity index (χ3n) is 2.52. The number of hydrogen-bond acceptors (Lipinski definition) is 3. The van der Waals surface area contributed by atoms with Crippen LogP contribution in [0.15, 0.2) is 44.8 Å². The molecule has 17 heavy (non-hydrogen) atoms. The molecule has 0 radical (unpaired) electrons. The summed E-state index contributed by atoms with van der Waals surface area (Å²) < 4.78 is 1.35. The second kappa shape index (κ2) is 6.24. The maximum absolute atomic E-state index is 3.35. The van der Waals surface area contributed by atoms with Crippen LogP contribution in [0.25, 0.3) is 0 Å². The lowest BCUT2D eigenvalue weighted by molar-refractivity contribution is 0.726. The predicted molar refractivity (Wildman–Crippen MR) is 77.0 cm³/mol. The van der Waals surface area contributed by atoms with Crippen LogP contribution in [0.1, 0.15) is 18.1 Å². The minimum Gasteiger partial charge on any atom is -0.313 e. The van der Waals surface area contributed by atoms with Crippen molar-refractivity contribution in [3.8, 4) is 0 Å². The van der Waals surface area contributed by atoms with E-state index in [2.05, 4.69) is 54.9 Å². The number of benzene rings is 1. The average Bonchev–Trinajstić information content (AvgIpc) is 2.82. The van der Waals surface area contributed by atoms with Crippen molar-refractivity contribution < 1.29 is 0 Å². The summed E-state index contributed by atoms with van der Waals surface area (Å²) in [6.07, 6.45) is 0. The van der Waals surface area contributed by atoms with Gasteiger partial charge in [0.25, 0.3) is 0 Å². The van der Waals surface area contributed by atoms with E-state index in [1.54, 1.807) is 11.3 Å². The molecule has 3 heteroatoms. The largest absolute Gasteiger partial charge is 0.313 e. The highest BCUT2D eigenvalue weighted by atomic mass is 32.2. The van der Waals surface area contributed by atoms with E-state index in [0.29, 0.717) is 0 Å². The van der Waals surface area contributed by atoms with Gasteiger partial charge in [-0.25, -0.2) is 0 Å². The quantitative estimate of drug-likeness (QED) is 0.862. The molecule has 0 saturated carbocycles. The van der Waals surface area contributed by atoms with Gasteiger partial charge in [0.1, 0.15) is 0 Å². The first-order chi connectivity index (χ1) is 8.29. The fourth-order valence-electron chi connectivity index (χ4n) is 1.64. The van der Waals surface area contributed by atoms with Gasteiger partial charge in [-0.15, -0.1) is 11.3 Å². The molecule has 1 N–H and O–H groups in total. The van der Waals surface area contributed by atoms with Crippen molar-refractivity contribution in [1.82, 2.24) is 5.32 Å². The molecule has 0 saturated heterocycles. The Morgan fingerprint density at radius 3 is 2.82 bits per heavy atom. The van der Waals surface area contributed by atoms with E-state index in [-0.39, 0.29) is 0 Å². The Kier molecular flexibility index (Phi) is 4.66. The SMILES string of the molecule is CCNCc1ccc(Sc2cccs2)c(C)c1. The maximum Gasteiger partial charge on any atom is 0.0646 e. The Morgan fingerprint density at radius 1 is 1.29 bits per heavy atom. The third-order valence-corrected chi connectivity index (χ3v) is 4.74. The van der Waals surface area contributed by atoms with Crippen LogP contribution in [-0.4, -0.2) is 6.54 Å². The Hall–Kier alpha value is -0.770. The molecule has 0 fully saturated rings. The molecule has 0 atom stereocenters. The first-order valence-corrected chi connectivity index (χ1v) is 7.51. The molecule has 2 aromatic rings. The standard InChI is InChI=1S/C14H17NS2/c1-3-15-10-12-6-7-13(11(2)9-12)17-14-5-4-8-16-14/h4-9,15H,3,10H2,1-2H3. The topological polar surface area (TPSA) is 12.0 Å². The van der Waals surface area contributed by atoms with Crippen LogP contribution in [0.2, 0.25) is 0 Å². The van der Waals surface area contributed by atoms with E-state index >= 15 is 0 Å². The fraction of sp³-hybridized carbons (Fsp3) is 0.286. The van der Waals surface area contributed by atoms with E-state index in [0.717, 1.165) is 13.1 Å². The van der Waals surface area contributed by atoms with Gasteiger partial charge in [0.15, 0.2) is 0 Å². The monoisotopic (exact) mass is 263 g/mol. The summed E-state index contributed by atoms with van der Waals surface area (Å²) in [5, 5.41) is 5.47. The van der Waals surface area contributed by atoms with Crippen LogP contribution in [0.4, 0.5) is 0 Å². The van der Waals surface area contributed by atoms with Gasteiger partial charge < -0.3 is 5.32 Å². The summed E-state index contributed by atoms with van der Waals surface area (Å²) in [7, 11) is 0. The van der Waals surface area contributed by atoms with Crippen LogP contribution in [0, 0.1) is 6.92 Å². The zero-order valence-corrected chi connectivity index (χ0v) is 11.8. The molecule has 0 aliphatic heterocycles. The smallest absolute Gasteiger partial charge is 0.0646 e. The van der Waals surface area contributed by atoms with Crippen LogP contribution in [-0.2, 0) is 6.54 Å². The van der Waals surface area contributed by atoms with Gasteiger partial charge in [-0.1, -0.05) is 36.9 Å². The summed E-state index contributed by atoms with van der Waals surface area (Å²) >= 11 is 3.65. The average molecular weight is 263 g/mol. The van der Waals surface area contributed by atoms with Crippen LogP contribution >= 0.6 is 23.1 Å². The van der Waals surface area contributed by atoms with Crippen molar-refractivity contribution in [3.05, 3.63) is 46.8 Å². The third kappa shape index (κ3) is 3.60. The lowest BCUT2D eigenvalue weighted by atomic mass is 10.1. The van der Waals surface area contributed by atoms with Crippen molar-refractivity contribution in [1.29, 1.82) is 0 Å². The Balaban J connectivity index is 2.09. The van der Waals surface area contributed by atoms with Gasteiger partial charge in [-0.05, 0) is 42.1 Å². The molecular weight excluding hydrogens is 246 g/mol. The van der Waals surface area contributed by atoms with Crippen LogP contribution in [0.5, 0.6) is 0 Å². The summed E-state index contributed by atoms with van der Waals surface area (Å²) in [4.78, 5) is 1.35. The van der Waals surface area contributed by atoms with Crippen molar-refractivity contribution >= 4 is 23.1 Å². The molecule has 0 aliphatic carbocycles. The minimum atomic E-state index is 0.960. The number of thiophene rings is 1. The molecule has 90 valence electrons. The molecule has 1 nitrogen and oxygen atoms in total. The Bertz CT molecular complexity index is 463. The highest BCUT2D eigenvalue weighted by Gasteiger charge is 2.03. The van der Waals surface area contributed by atoms with Gasteiger partial charge >= 0.3 is 0 Å². The second-order valence-corrected chi connectivity index (χ2v) is 6.20. The lowest BCUT2D eigenvalue weighted by Crippen LogP contribution is -2.11. The minimum absolute atomic E-state index is 0.960. The molecular formula is C14H17NS2. The highest BCUT2D eigenvalue weighted by molar-refractivity contribution is 8.01. The van der Waals surface area contributed by atoms with Crippen molar-refractivity contribution in [2.75, 3.05) is 6.54 Å². The number of hydrogen-bond donors (Lipinski definition) is 1. The summed E-state index contributed by atoms with van der Waals surface area (Å²) in [6, 6.07) is 11.0. The van der Waals surface area contributed by atoms with Gasteiger partial charge in [0.2, 0.25) is 0 Å². The van der Waals surface area contributed by atoms with Gasteiger partial charge in [0.05, 0.1) is 4.21 Å². The molecule has 0 amide bonds. The summed E-state index contributed by atoms with van der Waals surface area (Å²) in [6.45, 7) is 6.30. The van der Waals surface area contributed by atoms with Crippen molar-refractivity contribution in [2.45, 2.75) is 29.5 Å². The number of nitrogens with one attached hydrogen (secondary N) is 1. The molecule has 0 spiro atoms. The zero-order valence-electron chi connectivity index (χ0n) is 10.2. The van der Waals surface area contributed by atoms with Crippen LogP contribution in [0.3, 0.4) is 0 Å². The normalized spacial score (nSPS) is 10.7. The van der Waals surface area contributed by atoms with Crippen LogP contribution < -0.4 is 5.32 Å². The number of aryl methyl sites for hydroxylation is 1. The molecule has 1 aromatic heterocycles. The fourth-order valence-corrected chi connectivity index (χ4v) is 3.43. The molecule has 1 aromatic carbocycles. The maximum atomic E-state index is 3.35. The number of rotatable bonds is 5. The van der Waals surface area contributed by atoms with E-state index in [9.17, 15) is 0 Å². The van der Waals surface area contributed by atoms with Crippen molar-refractivity contribution in [2.24, 2.45) is 0 Å².